The smallest absolute Gasteiger partial charge is 0.250 e. The van der Waals surface area contributed by atoms with Crippen LogP contribution in [0.5, 0.6) is 0 Å². The van der Waals surface area contributed by atoms with Crippen LogP contribution in [0.1, 0.15) is 59.6 Å². The molecule has 4 aliphatic heterocycles. The topological polar surface area (TPSA) is 212 Å². The Hall–Kier alpha value is -5.26. The van der Waals surface area contributed by atoms with E-state index in [1.54, 1.807) is 98.7 Å². The average Bonchev–Trinajstić information content (AvgIpc) is 1.69. The molecule has 0 amide bonds. The number of para-hydroxylation sites is 3. The predicted molar refractivity (Wildman–Crippen MR) is 396 cm³/mol. The van der Waals surface area contributed by atoms with Crippen molar-refractivity contribution in [1.29, 1.82) is 0 Å². The van der Waals surface area contributed by atoms with Crippen LogP contribution in [0.25, 0.3) is 0 Å². The van der Waals surface area contributed by atoms with Crippen molar-refractivity contribution in [2.24, 2.45) is 20.0 Å². The van der Waals surface area contributed by atoms with E-state index in [1.165, 1.54) is 71.3 Å². The molecule has 4 saturated heterocycles. The van der Waals surface area contributed by atoms with Crippen LogP contribution in [-0.2, 0) is 53.2 Å². The third-order valence-corrected chi connectivity index (χ3v) is 28.0. The number of thioether (sulfide) groups is 4. The second-order valence-corrected chi connectivity index (χ2v) is 35.6. The molecule has 0 spiro atoms. The number of aliphatic imine (C=N–C) groups is 4. The number of rotatable bonds is 10. The number of benzene rings is 5. The highest BCUT2D eigenvalue weighted by atomic mass is 32.3. The van der Waals surface area contributed by atoms with Gasteiger partial charge in [0.1, 0.15) is 19.8 Å². The maximum atomic E-state index is 12.7. The zero-order valence-corrected chi connectivity index (χ0v) is 61.1. The summed E-state index contributed by atoms with van der Waals surface area (Å²) in [6.07, 6.45) is 0. The van der Waals surface area contributed by atoms with Gasteiger partial charge in [-0.3, -0.25) is 4.31 Å². The van der Waals surface area contributed by atoms with Crippen LogP contribution >= 0.6 is 95.9 Å². The van der Waals surface area contributed by atoms with Crippen molar-refractivity contribution in [2.45, 2.75) is 84.3 Å². The van der Waals surface area contributed by atoms with Crippen LogP contribution < -0.4 is 12.9 Å². The Kier molecular flexibility index (Phi) is 27.1. The maximum Gasteiger partial charge on any atom is 0.250 e. The van der Waals surface area contributed by atoms with Gasteiger partial charge < -0.3 is 19.6 Å². The molecule has 9 rings (SSSR count). The first kappa shape index (κ1) is 73.8. The Morgan fingerprint density at radius 2 is 0.778 bits per heavy atom. The summed E-state index contributed by atoms with van der Waals surface area (Å²) in [7, 11) is -6.65. The predicted octanol–water partition coefficient (Wildman–Crippen LogP) is 11.2. The van der Waals surface area contributed by atoms with Crippen LogP contribution in [0.3, 0.4) is 0 Å². The summed E-state index contributed by atoms with van der Waals surface area (Å²) < 4.78 is 102. The van der Waals surface area contributed by atoms with Crippen molar-refractivity contribution in [3.8, 4) is 0 Å². The molecule has 0 N–H and O–H groups in total. The number of thiocarbonyl (C=S) groups is 4. The van der Waals surface area contributed by atoms with Crippen LogP contribution in [-0.4, -0.2) is 165 Å². The van der Waals surface area contributed by atoms with Gasteiger partial charge >= 0.3 is 0 Å². The zero-order valence-electron chi connectivity index (χ0n) is 51.3. The molecule has 4 aliphatic rings. The largest absolute Gasteiger partial charge is 0.354 e. The molecule has 484 valence electrons. The van der Waals surface area contributed by atoms with Crippen LogP contribution in [0.15, 0.2) is 172 Å². The van der Waals surface area contributed by atoms with Gasteiger partial charge in [-0.25, -0.2) is 46.6 Å². The molecule has 0 radical (unpaired) electrons. The van der Waals surface area contributed by atoms with Crippen molar-refractivity contribution in [2.75, 3.05) is 56.4 Å². The lowest BCUT2D eigenvalue weighted by Crippen LogP contribution is -2.41. The van der Waals surface area contributed by atoms with Crippen LogP contribution in [0, 0.1) is 0 Å². The zero-order chi connectivity index (χ0) is 66.3. The highest BCUT2D eigenvalue weighted by Crippen LogP contribution is 2.35. The van der Waals surface area contributed by atoms with Gasteiger partial charge in [-0.1, -0.05) is 162 Å². The van der Waals surface area contributed by atoms with Crippen molar-refractivity contribution >= 4 is 194 Å². The molecule has 90 heavy (non-hydrogen) atoms. The van der Waals surface area contributed by atoms with Crippen molar-refractivity contribution in [1.82, 2.24) is 23.9 Å². The minimum absolute atomic E-state index is 0.0171. The molecular weight excluding hydrogens is 1380 g/mol. The van der Waals surface area contributed by atoms with E-state index in [-0.39, 0.29) is 33.4 Å². The van der Waals surface area contributed by atoms with Crippen molar-refractivity contribution in [3.63, 3.8) is 0 Å². The number of amidine groups is 4. The molecule has 5 aromatic carbocycles. The summed E-state index contributed by atoms with van der Waals surface area (Å²) in [5.41, 5.74) is 3.93. The minimum Gasteiger partial charge on any atom is -0.354 e. The Bertz CT molecular complexity index is 3860. The Labute approximate surface area is 570 Å². The first-order valence-electron chi connectivity index (χ1n) is 27.6. The SMILES string of the molecule is CC(C)N(C(=S)N=C1SCS(=O)(=O)N1c1ccccc1)C(C)C.CC(C)N(C)C(=S)N=C1SC(C)S(=O)(=O)N1C.CN(C)C(=S)N=C1SCS(=O)(=O)N1c1ccccc1.O=S1(=O)CSC(=NC(=S)N(Cc2ccccc2)Cc2ccccc2)N1c1ccccc1. The maximum absolute atomic E-state index is 12.7. The van der Waals surface area contributed by atoms with Gasteiger partial charge in [-0.05, 0) is 145 Å². The Morgan fingerprint density at radius 3 is 1.08 bits per heavy atom. The molecular formula is C58H72N12O8S12. The Balaban J connectivity index is 0.000000197. The monoisotopic (exact) mass is 1450 g/mol. The van der Waals surface area contributed by atoms with Gasteiger partial charge in [-0.2, -0.15) is 20.0 Å². The van der Waals surface area contributed by atoms with Gasteiger partial charge in [0, 0.05) is 59.4 Å². The van der Waals surface area contributed by atoms with E-state index >= 15 is 0 Å². The molecule has 0 aliphatic carbocycles. The van der Waals surface area contributed by atoms with Crippen LogP contribution in [0.2, 0.25) is 0 Å². The van der Waals surface area contributed by atoms with E-state index in [2.05, 4.69) is 20.0 Å². The second kappa shape index (κ2) is 33.0. The molecule has 4 fully saturated rings. The fourth-order valence-corrected chi connectivity index (χ4v) is 21.5. The molecule has 0 aromatic heterocycles. The standard InChI is InChI=1S/C23H21N3O2S3.C15H21N3O2S3.C11H13N3O2S3.C9H17N3O2S3/c27-31(28)18-30-23(26(31)21-14-8-3-9-15-21)24-22(29)25(16-19-10-4-1-5-11-19)17-20-12-6-2-7-13-20;1-11(2)17(12(3)4)14(21)16-15-18(23(19,20)10-22-15)13-8-6-5-7-9-13;1-13(2)10(17)12-11-14(19(15,16)8-18-11)9-6-4-3-5-7-9;1-6(2)11(4)8(15)10-9-12(5)17(13,14)7(3)16-9/h1-15H,16-18H2;5-9,11-12H,10H2,1-4H3;3-7H,8H2,1-2H3;6-7H,1-5H3. The molecule has 4 heterocycles. The normalized spacial score (nSPS) is 19.5. The third-order valence-electron chi connectivity index (χ3n) is 12.9. The molecule has 1 atom stereocenters. The number of hydrogen-bond acceptors (Lipinski definition) is 16. The number of hydrogen-bond donors (Lipinski definition) is 0. The summed E-state index contributed by atoms with van der Waals surface area (Å²) in [5.74, 6) is 0. The van der Waals surface area contributed by atoms with E-state index < -0.39 is 44.7 Å². The van der Waals surface area contributed by atoms with E-state index in [1.807, 2.05) is 142 Å². The first-order chi connectivity index (χ1) is 42.4. The quantitative estimate of drug-likeness (QED) is 0.119. The lowest BCUT2D eigenvalue weighted by molar-refractivity contribution is 0.294. The number of anilines is 3. The molecule has 5 aromatic rings. The van der Waals surface area contributed by atoms with E-state index in [0.29, 0.717) is 71.3 Å². The van der Waals surface area contributed by atoms with E-state index in [4.69, 9.17) is 48.9 Å². The van der Waals surface area contributed by atoms with Crippen molar-refractivity contribution < 1.29 is 33.7 Å². The van der Waals surface area contributed by atoms with Gasteiger partial charge in [0.2, 0.25) is 10.0 Å². The minimum atomic E-state index is -3.49. The third kappa shape index (κ3) is 19.9. The molecule has 0 bridgehead atoms. The average molecular weight is 1450 g/mol. The van der Waals surface area contributed by atoms with Gasteiger partial charge in [-0.15, -0.1) is 0 Å². The molecule has 1 unspecified atom stereocenters. The summed E-state index contributed by atoms with van der Waals surface area (Å²) in [4.78, 5) is 25.0. The first-order valence-corrected chi connectivity index (χ1v) is 39.4. The van der Waals surface area contributed by atoms with Crippen LogP contribution in [0.4, 0.5) is 17.1 Å². The Morgan fingerprint density at radius 1 is 0.467 bits per heavy atom. The second-order valence-electron chi connectivity index (χ2n) is 20.8. The molecule has 32 heteroatoms. The van der Waals surface area contributed by atoms with Gasteiger partial charge in [0.25, 0.3) is 30.1 Å². The lowest BCUT2D eigenvalue weighted by Gasteiger charge is -2.31. The fourth-order valence-electron chi connectivity index (χ4n) is 8.21. The summed E-state index contributed by atoms with van der Waals surface area (Å²) in [6, 6.07) is 47.5. The number of nitrogens with zero attached hydrogens (tertiary/aromatic N) is 12. The van der Waals surface area contributed by atoms with Gasteiger partial charge in [0.05, 0.1) is 17.1 Å². The van der Waals surface area contributed by atoms with E-state index in [0.717, 1.165) is 11.1 Å². The summed E-state index contributed by atoms with van der Waals surface area (Å²) in [6.45, 7) is 15.0. The lowest BCUT2D eigenvalue weighted by atomic mass is 10.2. The fraction of sp³-hybridized carbons (Fsp3) is 0.345. The summed E-state index contributed by atoms with van der Waals surface area (Å²) in [5, 5.41) is 3.04. The van der Waals surface area contributed by atoms with E-state index in [9.17, 15) is 33.7 Å². The highest BCUT2D eigenvalue weighted by Gasteiger charge is 2.40. The van der Waals surface area contributed by atoms with Gasteiger partial charge in [0.15, 0.2) is 41.1 Å². The molecule has 0 saturated carbocycles. The molecule has 20 nitrogen and oxygen atoms in total. The number of sulfonamides is 4. The highest BCUT2D eigenvalue weighted by molar-refractivity contribution is 8.28. The van der Waals surface area contributed by atoms with Crippen molar-refractivity contribution in [3.05, 3.63) is 163 Å². The summed E-state index contributed by atoms with van der Waals surface area (Å²) >= 11 is 26.2.